The van der Waals surface area contributed by atoms with Gasteiger partial charge in [-0.25, -0.2) is 4.98 Å². The van der Waals surface area contributed by atoms with Crippen LogP contribution in [0.3, 0.4) is 0 Å². The first-order chi connectivity index (χ1) is 10.9. The zero-order valence-corrected chi connectivity index (χ0v) is 13.1. The number of carbonyl (C=O) groups is 1. The van der Waals surface area contributed by atoms with Crippen LogP contribution >= 0.6 is 11.3 Å². The van der Waals surface area contributed by atoms with Crippen LogP contribution in [0.4, 0.5) is 13.2 Å². The first-order valence-electron chi connectivity index (χ1n) is 6.91. The Balaban J connectivity index is 1.98. The molecular formula is C15H15F3N2O2S. The van der Waals surface area contributed by atoms with Crippen molar-refractivity contribution in [1.82, 2.24) is 10.3 Å². The Morgan fingerprint density at radius 2 is 2.22 bits per heavy atom. The van der Waals surface area contributed by atoms with Gasteiger partial charge in [-0.05, 0) is 24.1 Å². The lowest BCUT2D eigenvalue weighted by molar-refractivity contribution is -0.274. The lowest BCUT2D eigenvalue weighted by Crippen LogP contribution is -2.29. The van der Waals surface area contributed by atoms with Crippen molar-refractivity contribution < 1.29 is 22.7 Å². The standard InChI is InChI=1S/C15H15F3N2O2S/c1-2-12(14-19-6-7-23-14)20-13(21)9-10-4-3-5-11(8-10)22-15(16,17)18/h3-8,12H,2,9H2,1H3,(H,20,21)/t12-/m0/s1. The minimum Gasteiger partial charge on any atom is -0.406 e. The van der Waals surface area contributed by atoms with Gasteiger partial charge < -0.3 is 10.1 Å². The van der Waals surface area contributed by atoms with Crippen molar-refractivity contribution >= 4 is 17.2 Å². The molecule has 0 radical (unpaired) electrons. The summed E-state index contributed by atoms with van der Waals surface area (Å²) in [6, 6.07) is 5.20. The third-order valence-electron chi connectivity index (χ3n) is 2.99. The SMILES string of the molecule is CC[C@H](NC(=O)Cc1cccc(OC(F)(F)F)c1)c1nccs1. The molecule has 0 unspecified atom stereocenters. The molecule has 4 nitrogen and oxygen atoms in total. The molecule has 2 rings (SSSR count). The topological polar surface area (TPSA) is 51.2 Å². The van der Waals surface area contributed by atoms with Gasteiger partial charge in [-0.15, -0.1) is 24.5 Å². The number of nitrogens with one attached hydrogen (secondary N) is 1. The Labute approximate surface area is 135 Å². The number of aromatic nitrogens is 1. The lowest BCUT2D eigenvalue weighted by atomic mass is 10.1. The summed E-state index contributed by atoms with van der Waals surface area (Å²) >= 11 is 1.44. The van der Waals surface area contributed by atoms with E-state index in [4.69, 9.17) is 0 Å². The minimum absolute atomic E-state index is 0.0308. The zero-order chi connectivity index (χ0) is 16.9. The van der Waals surface area contributed by atoms with E-state index in [1.807, 2.05) is 12.3 Å². The van der Waals surface area contributed by atoms with Gasteiger partial charge in [0.15, 0.2) is 0 Å². The normalized spacial score (nSPS) is 12.7. The predicted octanol–water partition coefficient (Wildman–Crippen LogP) is 3.85. The maximum atomic E-state index is 12.2. The third-order valence-corrected chi connectivity index (χ3v) is 3.88. The monoisotopic (exact) mass is 344 g/mol. The molecule has 0 bridgehead atoms. The van der Waals surface area contributed by atoms with Gasteiger partial charge in [0.2, 0.25) is 5.91 Å². The summed E-state index contributed by atoms with van der Waals surface area (Å²) in [5.41, 5.74) is 0.443. The van der Waals surface area contributed by atoms with Crippen LogP contribution in [0.15, 0.2) is 35.8 Å². The van der Waals surface area contributed by atoms with Gasteiger partial charge in [0, 0.05) is 11.6 Å². The first kappa shape index (κ1) is 17.3. The van der Waals surface area contributed by atoms with E-state index < -0.39 is 6.36 Å². The van der Waals surface area contributed by atoms with Crippen LogP contribution in [0.2, 0.25) is 0 Å². The van der Waals surface area contributed by atoms with E-state index >= 15 is 0 Å². The molecule has 8 heteroatoms. The number of amides is 1. The fraction of sp³-hybridized carbons (Fsp3) is 0.333. The molecule has 0 saturated carbocycles. The molecule has 1 atom stereocenters. The summed E-state index contributed by atoms with van der Waals surface area (Å²) in [5.74, 6) is -0.619. The highest BCUT2D eigenvalue weighted by atomic mass is 32.1. The Morgan fingerprint density at radius 3 is 2.83 bits per heavy atom. The molecule has 23 heavy (non-hydrogen) atoms. The number of carbonyl (C=O) groups excluding carboxylic acids is 1. The average Bonchev–Trinajstić information content (AvgIpc) is 2.97. The number of thiazole rings is 1. The first-order valence-corrected chi connectivity index (χ1v) is 7.79. The molecule has 2 aromatic rings. The van der Waals surface area contributed by atoms with Gasteiger partial charge in [-0.3, -0.25) is 4.79 Å². The van der Waals surface area contributed by atoms with Gasteiger partial charge in [0.05, 0.1) is 12.5 Å². The number of hydrogen-bond acceptors (Lipinski definition) is 4. The van der Waals surface area contributed by atoms with Crippen molar-refractivity contribution in [1.29, 1.82) is 0 Å². The summed E-state index contributed by atoms with van der Waals surface area (Å²) in [6.07, 6.45) is -2.45. The van der Waals surface area contributed by atoms with E-state index in [9.17, 15) is 18.0 Å². The number of benzene rings is 1. The Kier molecular flexibility index (Phi) is 5.59. The second kappa shape index (κ2) is 7.45. The second-order valence-corrected chi connectivity index (χ2v) is 5.70. The summed E-state index contributed by atoms with van der Waals surface area (Å²) in [7, 11) is 0. The highest BCUT2D eigenvalue weighted by Gasteiger charge is 2.31. The molecule has 0 aliphatic carbocycles. The number of nitrogens with zero attached hydrogens (tertiary/aromatic N) is 1. The van der Waals surface area contributed by atoms with E-state index in [0.717, 1.165) is 5.01 Å². The molecule has 1 aromatic carbocycles. The quantitative estimate of drug-likeness (QED) is 0.866. The summed E-state index contributed by atoms with van der Waals surface area (Å²) in [5, 5.41) is 5.45. The summed E-state index contributed by atoms with van der Waals surface area (Å²) in [6.45, 7) is 1.92. The number of hydrogen-bond donors (Lipinski definition) is 1. The summed E-state index contributed by atoms with van der Waals surface area (Å²) in [4.78, 5) is 16.2. The van der Waals surface area contributed by atoms with Crippen molar-refractivity contribution in [3.63, 3.8) is 0 Å². The van der Waals surface area contributed by atoms with E-state index in [2.05, 4.69) is 15.0 Å². The lowest BCUT2D eigenvalue weighted by Gasteiger charge is -2.15. The number of halogens is 3. The smallest absolute Gasteiger partial charge is 0.406 e. The third kappa shape index (κ3) is 5.55. The van der Waals surface area contributed by atoms with Crippen LogP contribution < -0.4 is 10.1 Å². The molecule has 124 valence electrons. The van der Waals surface area contributed by atoms with Gasteiger partial charge in [-0.1, -0.05) is 19.1 Å². The fourth-order valence-electron chi connectivity index (χ4n) is 2.03. The number of ether oxygens (including phenoxy) is 1. The molecule has 0 fully saturated rings. The van der Waals surface area contributed by atoms with Crippen LogP contribution in [0, 0.1) is 0 Å². The van der Waals surface area contributed by atoms with E-state index in [-0.39, 0.29) is 24.1 Å². The highest BCUT2D eigenvalue weighted by Crippen LogP contribution is 2.24. The van der Waals surface area contributed by atoms with E-state index in [1.54, 1.807) is 12.3 Å². The minimum atomic E-state index is -4.75. The van der Waals surface area contributed by atoms with Crippen LogP contribution in [-0.2, 0) is 11.2 Å². The highest BCUT2D eigenvalue weighted by molar-refractivity contribution is 7.09. The Morgan fingerprint density at radius 1 is 1.43 bits per heavy atom. The van der Waals surface area contributed by atoms with Gasteiger partial charge in [0.25, 0.3) is 0 Å². The maximum absolute atomic E-state index is 12.2. The average molecular weight is 344 g/mol. The Bertz CT molecular complexity index is 644. The van der Waals surface area contributed by atoms with Crippen LogP contribution in [0.25, 0.3) is 0 Å². The molecule has 1 amide bonds. The Hall–Kier alpha value is -2.09. The van der Waals surface area contributed by atoms with E-state index in [0.29, 0.717) is 12.0 Å². The molecule has 1 aromatic heterocycles. The van der Waals surface area contributed by atoms with Gasteiger partial charge >= 0.3 is 6.36 Å². The predicted molar refractivity (Wildman–Crippen MR) is 80.1 cm³/mol. The molecule has 1 heterocycles. The fourth-order valence-corrected chi connectivity index (χ4v) is 2.80. The molecule has 0 aliphatic rings. The zero-order valence-electron chi connectivity index (χ0n) is 12.3. The van der Waals surface area contributed by atoms with Gasteiger partial charge in [-0.2, -0.15) is 0 Å². The molecule has 1 N–H and O–H groups in total. The molecular weight excluding hydrogens is 329 g/mol. The van der Waals surface area contributed by atoms with Crippen LogP contribution in [0.1, 0.15) is 30.0 Å². The molecule has 0 aliphatic heterocycles. The van der Waals surface area contributed by atoms with Crippen molar-refractivity contribution in [2.24, 2.45) is 0 Å². The van der Waals surface area contributed by atoms with Crippen molar-refractivity contribution in [3.05, 3.63) is 46.4 Å². The summed E-state index contributed by atoms with van der Waals surface area (Å²) < 4.78 is 40.5. The largest absolute Gasteiger partial charge is 0.573 e. The van der Waals surface area contributed by atoms with Crippen LogP contribution in [0.5, 0.6) is 5.75 Å². The molecule has 0 spiro atoms. The van der Waals surface area contributed by atoms with Crippen molar-refractivity contribution in [3.8, 4) is 5.75 Å². The number of rotatable bonds is 6. The van der Waals surface area contributed by atoms with Crippen molar-refractivity contribution in [2.75, 3.05) is 0 Å². The van der Waals surface area contributed by atoms with Crippen molar-refractivity contribution in [2.45, 2.75) is 32.2 Å². The maximum Gasteiger partial charge on any atom is 0.573 e. The molecule has 0 saturated heterocycles. The van der Waals surface area contributed by atoms with Crippen LogP contribution in [-0.4, -0.2) is 17.3 Å². The van der Waals surface area contributed by atoms with Gasteiger partial charge in [0.1, 0.15) is 10.8 Å². The number of alkyl halides is 3. The second-order valence-electron chi connectivity index (χ2n) is 4.77. The van der Waals surface area contributed by atoms with E-state index in [1.165, 1.54) is 29.5 Å².